The Labute approximate surface area is 193 Å². The molecule has 4 rings (SSSR count). The lowest BCUT2D eigenvalue weighted by Crippen LogP contribution is -2.53. The number of rotatable bonds is 5. The highest BCUT2D eigenvalue weighted by atomic mass is 32.2. The van der Waals surface area contributed by atoms with Crippen LogP contribution in [-0.2, 0) is 4.79 Å². The largest absolute Gasteiger partial charge is 0.497 e. The molecule has 168 valence electrons. The maximum Gasteiger partial charge on any atom is 0.255 e. The van der Waals surface area contributed by atoms with E-state index in [0.717, 1.165) is 24.2 Å². The quantitative estimate of drug-likeness (QED) is 0.644. The number of carbonyl (C=O) groups excluding carboxylic acids is 2. The van der Waals surface area contributed by atoms with Crippen molar-refractivity contribution in [2.24, 2.45) is 0 Å². The van der Waals surface area contributed by atoms with Crippen molar-refractivity contribution in [3.05, 3.63) is 65.7 Å². The topological polar surface area (TPSA) is 59.1 Å². The summed E-state index contributed by atoms with van der Waals surface area (Å²) < 4.78 is 10.7. The molecule has 2 aromatic carbocycles. The molecule has 0 bridgehead atoms. The molecule has 0 atom stereocenters. The molecular formula is C25H28N2O4S. The van der Waals surface area contributed by atoms with Crippen LogP contribution in [0, 0.1) is 0 Å². The summed E-state index contributed by atoms with van der Waals surface area (Å²) in [5.74, 6) is 2.09. The van der Waals surface area contributed by atoms with Gasteiger partial charge in [0, 0.05) is 43.1 Å². The third-order valence-electron chi connectivity index (χ3n) is 6.10. The van der Waals surface area contributed by atoms with E-state index in [9.17, 15) is 9.59 Å². The normalized spacial score (nSPS) is 17.7. The van der Waals surface area contributed by atoms with Crippen molar-refractivity contribution in [2.45, 2.75) is 17.7 Å². The van der Waals surface area contributed by atoms with E-state index in [-0.39, 0.29) is 16.7 Å². The van der Waals surface area contributed by atoms with Crippen LogP contribution < -0.4 is 9.47 Å². The van der Waals surface area contributed by atoms with Crippen LogP contribution in [0.15, 0.2) is 54.6 Å². The van der Waals surface area contributed by atoms with Gasteiger partial charge in [-0.25, -0.2) is 0 Å². The minimum absolute atomic E-state index is 0.0158. The summed E-state index contributed by atoms with van der Waals surface area (Å²) in [7, 11) is 3.16. The van der Waals surface area contributed by atoms with Crippen LogP contribution in [0.2, 0.25) is 0 Å². The monoisotopic (exact) mass is 452 g/mol. The van der Waals surface area contributed by atoms with Crippen LogP contribution in [0.3, 0.4) is 0 Å². The maximum absolute atomic E-state index is 13.4. The van der Waals surface area contributed by atoms with Crippen LogP contribution >= 0.6 is 11.8 Å². The second kappa shape index (κ2) is 9.69. The Morgan fingerprint density at radius 3 is 2.25 bits per heavy atom. The Balaban J connectivity index is 1.44. The Kier molecular flexibility index (Phi) is 6.74. The number of benzene rings is 2. The summed E-state index contributed by atoms with van der Waals surface area (Å²) in [6.45, 7) is 1.97. The van der Waals surface area contributed by atoms with Crippen LogP contribution in [0.25, 0.3) is 6.08 Å². The third-order valence-corrected chi connectivity index (χ3v) is 7.65. The molecule has 6 nitrogen and oxygen atoms in total. The van der Waals surface area contributed by atoms with Crippen molar-refractivity contribution < 1.29 is 19.1 Å². The molecule has 2 aliphatic heterocycles. The van der Waals surface area contributed by atoms with Gasteiger partial charge >= 0.3 is 0 Å². The zero-order chi connectivity index (χ0) is 22.6. The highest BCUT2D eigenvalue weighted by Gasteiger charge is 2.47. The smallest absolute Gasteiger partial charge is 0.255 e. The molecule has 0 saturated carbocycles. The van der Waals surface area contributed by atoms with Gasteiger partial charge in [0.05, 0.1) is 19.1 Å². The minimum atomic E-state index is -0.271. The standard InChI is InChI=1S/C25H28N2O4S/c1-30-21-16-20(17-22(18-21)31-2)24(29)27-14-15-32-25(27)10-12-26(13-11-25)23(28)9-8-19-6-4-3-5-7-19/h3-9,16-18H,10-15H2,1-2H3. The number of amides is 2. The fraction of sp³-hybridized carbons (Fsp3) is 0.360. The van der Waals surface area contributed by atoms with Gasteiger partial charge in [0.2, 0.25) is 5.91 Å². The molecule has 0 radical (unpaired) electrons. The van der Waals surface area contributed by atoms with Crippen LogP contribution in [0.4, 0.5) is 0 Å². The van der Waals surface area contributed by atoms with Crippen molar-refractivity contribution in [3.63, 3.8) is 0 Å². The average Bonchev–Trinajstić information content (AvgIpc) is 3.25. The van der Waals surface area contributed by atoms with E-state index in [2.05, 4.69) is 0 Å². The Morgan fingerprint density at radius 2 is 1.62 bits per heavy atom. The zero-order valence-electron chi connectivity index (χ0n) is 18.5. The van der Waals surface area contributed by atoms with E-state index >= 15 is 0 Å². The lowest BCUT2D eigenvalue weighted by atomic mass is 10.0. The summed E-state index contributed by atoms with van der Waals surface area (Å²) in [5, 5.41) is 0. The number of likely N-dealkylation sites (tertiary alicyclic amines) is 1. The first-order chi connectivity index (χ1) is 15.5. The second-order valence-corrected chi connectivity index (χ2v) is 9.38. The summed E-state index contributed by atoms with van der Waals surface area (Å²) in [5.41, 5.74) is 1.57. The van der Waals surface area contributed by atoms with Gasteiger partial charge in [-0.1, -0.05) is 30.3 Å². The molecule has 32 heavy (non-hydrogen) atoms. The van der Waals surface area contributed by atoms with Crippen molar-refractivity contribution in [2.75, 3.05) is 39.6 Å². The fourth-order valence-corrected chi connectivity index (χ4v) is 5.76. The van der Waals surface area contributed by atoms with Gasteiger partial charge in [-0.2, -0.15) is 0 Å². The average molecular weight is 453 g/mol. The van der Waals surface area contributed by atoms with Gasteiger partial charge < -0.3 is 19.3 Å². The second-order valence-electron chi connectivity index (χ2n) is 7.92. The van der Waals surface area contributed by atoms with Gasteiger partial charge in [0.15, 0.2) is 0 Å². The Bertz CT molecular complexity index is 978. The minimum Gasteiger partial charge on any atom is -0.497 e. The molecule has 2 aliphatic rings. The van der Waals surface area contributed by atoms with Gasteiger partial charge in [0.25, 0.3) is 5.91 Å². The summed E-state index contributed by atoms with van der Waals surface area (Å²) >= 11 is 1.83. The van der Waals surface area contributed by atoms with E-state index in [0.29, 0.717) is 36.7 Å². The molecule has 2 fully saturated rings. The van der Waals surface area contributed by atoms with Gasteiger partial charge in [-0.3, -0.25) is 9.59 Å². The highest BCUT2D eigenvalue weighted by molar-refractivity contribution is 8.00. The number of hydrogen-bond donors (Lipinski definition) is 0. The first-order valence-electron chi connectivity index (χ1n) is 10.8. The number of methoxy groups -OCH3 is 2. The Morgan fingerprint density at radius 1 is 0.969 bits per heavy atom. The Hall–Kier alpha value is -2.93. The van der Waals surface area contributed by atoms with E-state index in [1.54, 1.807) is 38.5 Å². The predicted octanol–water partition coefficient (Wildman–Crippen LogP) is 3.92. The molecular weight excluding hydrogens is 424 g/mol. The summed E-state index contributed by atoms with van der Waals surface area (Å²) in [6.07, 6.45) is 5.01. The van der Waals surface area contributed by atoms with Crippen molar-refractivity contribution in [1.29, 1.82) is 0 Å². The third kappa shape index (κ3) is 4.63. The SMILES string of the molecule is COc1cc(OC)cc(C(=O)N2CCSC23CCN(C(=O)C=Cc2ccccc2)CC3)c1. The molecule has 0 N–H and O–H groups in total. The number of piperidine rings is 1. The van der Waals surface area contributed by atoms with E-state index in [1.807, 2.05) is 58.0 Å². The predicted molar refractivity (Wildman–Crippen MR) is 127 cm³/mol. The summed E-state index contributed by atoms with van der Waals surface area (Å²) in [4.78, 5) is 29.7. The number of nitrogens with zero attached hydrogens (tertiary/aromatic N) is 2. The number of ether oxygens (including phenoxy) is 2. The van der Waals surface area contributed by atoms with Crippen molar-refractivity contribution >= 4 is 29.7 Å². The van der Waals surface area contributed by atoms with Crippen molar-refractivity contribution in [1.82, 2.24) is 9.80 Å². The van der Waals surface area contributed by atoms with Crippen LogP contribution in [0.5, 0.6) is 11.5 Å². The molecule has 0 aliphatic carbocycles. The summed E-state index contributed by atoms with van der Waals surface area (Å²) in [6, 6.07) is 15.1. The van der Waals surface area contributed by atoms with Gasteiger partial charge in [-0.05, 0) is 36.6 Å². The zero-order valence-corrected chi connectivity index (χ0v) is 19.3. The van der Waals surface area contributed by atoms with Crippen LogP contribution in [0.1, 0.15) is 28.8 Å². The lowest BCUT2D eigenvalue weighted by molar-refractivity contribution is -0.127. The molecule has 1 spiro atoms. The molecule has 0 unspecified atom stereocenters. The molecule has 0 aromatic heterocycles. The fourth-order valence-electron chi connectivity index (χ4n) is 4.31. The van der Waals surface area contributed by atoms with Gasteiger partial charge in [-0.15, -0.1) is 11.8 Å². The van der Waals surface area contributed by atoms with Crippen molar-refractivity contribution in [3.8, 4) is 11.5 Å². The van der Waals surface area contributed by atoms with E-state index < -0.39 is 0 Å². The number of thioether (sulfide) groups is 1. The molecule has 2 amide bonds. The highest BCUT2D eigenvalue weighted by Crippen LogP contribution is 2.45. The number of hydrogen-bond acceptors (Lipinski definition) is 5. The first kappa shape index (κ1) is 22.3. The van der Waals surface area contributed by atoms with Gasteiger partial charge in [0.1, 0.15) is 11.5 Å². The first-order valence-corrected chi connectivity index (χ1v) is 11.7. The molecule has 2 heterocycles. The van der Waals surface area contributed by atoms with E-state index in [4.69, 9.17) is 9.47 Å². The number of carbonyl (C=O) groups is 2. The van der Waals surface area contributed by atoms with E-state index in [1.165, 1.54) is 0 Å². The van der Waals surface area contributed by atoms with Crippen LogP contribution in [-0.4, -0.2) is 66.1 Å². The maximum atomic E-state index is 13.4. The lowest BCUT2D eigenvalue weighted by Gasteiger charge is -2.44. The molecule has 2 saturated heterocycles. The molecule has 2 aromatic rings. The molecule has 7 heteroatoms.